The van der Waals surface area contributed by atoms with E-state index in [1.54, 1.807) is 19.1 Å². The fourth-order valence-electron chi connectivity index (χ4n) is 2.43. The predicted octanol–water partition coefficient (Wildman–Crippen LogP) is 1.33. The van der Waals surface area contributed by atoms with E-state index in [-0.39, 0.29) is 23.1 Å². The van der Waals surface area contributed by atoms with Crippen LogP contribution in [0.25, 0.3) is 11.4 Å². The Morgan fingerprint density at radius 3 is 2.57 bits per heavy atom. The molecule has 0 spiro atoms. The van der Waals surface area contributed by atoms with Crippen molar-refractivity contribution < 1.29 is 17.6 Å². The van der Waals surface area contributed by atoms with Gasteiger partial charge >= 0.3 is 0 Å². The zero-order valence-corrected chi connectivity index (χ0v) is 15.9. The number of nitrogens with one attached hydrogen (secondary N) is 2. The van der Waals surface area contributed by atoms with Crippen molar-refractivity contribution in [3.63, 3.8) is 0 Å². The lowest BCUT2D eigenvalue weighted by Gasteiger charge is -2.10. The number of benzene rings is 2. The average Bonchev–Trinajstić information content (AvgIpc) is 3.12. The molecule has 2 aromatic carbocycles. The first-order chi connectivity index (χ1) is 13.3. The minimum Gasteiger partial charge on any atom is -0.324 e. The molecule has 0 aliphatic rings. The largest absolute Gasteiger partial charge is 0.324 e. The molecule has 0 aliphatic carbocycles. The summed E-state index contributed by atoms with van der Waals surface area (Å²) in [5.74, 6) is -0.585. The smallest absolute Gasteiger partial charge is 0.248 e. The third-order valence-electron chi connectivity index (χ3n) is 3.87. The van der Waals surface area contributed by atoms with Crippen LogP contribution in [0.1, 0.15) is 5.56 Å². The van der Waals surface area contributed by atoms with Gasteiger partial charge in [-0.1, -0.05) is 6.07 Å². The molecule has 3 rings (SSSR count). The lowest BCUT2D eigenvalue weighted by Crippen LogP contribution is -2.22. The average molecular weight is 404 g/mol. The van der Waals surface area contributed by atoms with Crippen LogP contribution in [0.4, 0.5) is 10.1 Å². The Morgan fingerprint density at radius 2 is 1.89 bits per heavy atom. The molecule has 0 bridgehead atoms. The van der Waals surface area contributed by atoms with E-state index in [9.17, 15) is 17.6 Å². The number of anilines is 1. The minimum absolute atomic E-state index is 0.0743. The highest BCUT2D eigenvalue weighted by atomic mass is 32.2. The molecule has 1 heterocycles. The Hall–Kier alpha value is -3.18. The fourth-order valence-corrected chi connectivity index (χ4v) is 3.42. The Morgan fingerprint density at radius 1 is 1.18 bits per heavy atom. The first-order valence-corrected chi connectivity index (χ1v) is 9.64. The van der Waals surface area contributed by atoms with E-state index in [0.717, 1.165) is 4.80 Å². The quantitative estimate of drug-likeness (QED) is 0.640. The van der Waals surface area contributed by atoms with Gasteiger partial charge in [0.15, 0.2) is 0 Å². The molecule has 1 amide bonds. The first kappa shape index (κ1) is 19.6. The number of tetrazole rings is 1. The van der Waals surface area contributed by atoms with E-state index in [2.05, 4.69) is 25.4 Å². The van der Waals surface area contributed by atoms with Gasteiger partial charge in [0.25, 0.3) is 0 Å². The topological polar surface area (TPSA) is 119 Å². The lowest BCUT2D eigenvalue weighted by molar-refractivity contribution is -0.117. The van der Waals surface area contributed by atoms with E-state index in [1.165, 1.54) is 37.4 Å². The van der Waals surface area contributed by atoms with Crippen molar-refractivity contribution in [2.24, 2.45) is 0 Å². The van der Waals surface area contributed by atoms with E-state index in [1.807, 2.05) is 0 Å². The van der Waals surface area contributed by atoms with E-state index in [4.69, 9.17) is 0 Å². The molecule has 0 saturated carbocycles. The molecule has 0 saturated heterocycles. The Kier molecular flexibility index (Phi) is 5.47. The molecule has 2 N–H and O–H groups in total. The van der Waals surface area contributed by atoms with Gasteiger partial charge in [-0.25, -0.2) is 17.5 Å². The summed E-state index contributed by atoms with van der Waals surface area (Å²) in [6, 6.07) is 10.1. The molecular weight excluding hydrogens is 387 g/mol. The van der Waals surface area contributed by atoms with Crippen molar-refractivity contribution in [2.75, 3.05) is 12.4 Å². The van der Waals surface area contributed by atoms with Gasteiger partial charge in [0.1, 0.15) is 12.4 Å². The number of hydrogen-bond acceptors (Lipinski definition) is 6. The standard InChI is InChI=1S/C17H17FN6O3S/c1-11-3-8-14(9-15(11)28(26,27)19-2)20-16(25)10-24-22-17(21-23-24)12-4-6-13(18)7-5-12/h3-9,19H,10H2,1-2H3,(H,20,25). The second-order valence-corrected chi connectivity index (χ2v) is 7.74. The highest BCUT2D eigenvalue weighted by molar-refractivity contribution is 7.89. The Labute approximate surface area is 160 Å². The summed E-state index contributed by atoms with van der Waals surface area (Å²) in [5, 5.41) is 14.3. The van der Waals surface area contributed by atoms with Crippen LogP contribution in [0.15, 0.2) is 47.4 Å². The number of hydrogen-bond donors (Lipinski definition) is 2. The maximum absolute atomic E-state index is 13.0. The molecule has 11 heteroatoms. The SMILES string of the molecule is CNS(=O)(=O)c1cc(NC(=O)Cn2nnc(-c3ccc(F)cc3)n2)ccc1C. The third-order valence-corrected chi connectivity index (χ3v) is 5.43. The molecule has 0 unspecified atom stereocenters. The van der Waals surface area contributed by atoms with Crippen molar-refractivity contribution in [3.05, 3.63) is 53.8 Å². The van der Waals surface area contributed by atoms with Crippen LogP contribution in [0, 0.1) is 12.7 Å². The zero-order chi connectivity index (χ0) is 20.3. The van der Waals surface area contributed by atoms with Crippen LogP contribution >= 0.6 is 0 Å². The maximum atomic E-state index is 13.0. The molecule has 146 valence electrons. The molecular formula is C17H17FN6O3S. The molecule has 0 aliphatic heterocycles. The third kappa shape index (κ3) is 4.38. The van der Waals surface area contributed by atoms with Crippen molar-refractivity contribution in [3.8, 4) is 11.4 Å². The van der Waals surface area contributed by atoms with Crippen LogP contribution in [0.2, 0.25) is 0 Å². The van der Waals surface area contributed by atoms with E-state index in [0.29, 0.717) is 16.8 Å². The van der Waals surface area contributed by atoms with Crippen LogP contribution in [0.3, 0.4) is 0 Å². The molecule has 0 atom stereocenters. The van der Waals surface area contributed by atoms with Gasteiger partial charge in [-0.3, -0.25) is 4.79 Å². The zero-order valence-electron chi connectivity index (χ0n) is 15.0. The predicted molar refractivity (Wildman–Crippen MR) is 99.3 cm³/mol. The highest BCUT2D eigenvalue weighted by Gasteiger charge is 2.16. The summed E-state index contributed by atoms with van der Waals surface area (Å²) >= 11 is 0. The van der Waals surface area contributed by atoms with Crippen molar-refractivity contribution >= 4 is 21.6 Å². The molecule has 1 aromatic heterocycles. The number of carbonyl (C=O) groups is 1. The summed E-state index contributed by atoms with van der Waals surface area (Å²) in [7, 11) is -2.33. The second-order valence-electron chi connectivity index (χ2n) is 5.89. The van der Waals surface area contributed by atoms with Crippen LogP contribution in [-0.4, -0.2) is 41.6 Å². The number of nitrogens with zero attached hydrogens (tertiary/aromatic N) is 4. The summed E-state index contributed by atoms with van der Waals surface area (Å²) in [5.41, 5.74) is 1.44. The van der Waals surface area contributed by atoms with Gasteiger partial charge < -0.3 is 5.32 Å². The van der Waals surface area contributed by atoms with Crippen LogP contribution in [0.5, 0.6) is 0 Å². The van der Waals surface area contributed by atoms with Crippen molar-refractivity contribution in [1.82, 2.24) is 24.9 Å². The normalized spacial score (nSPS) is 11.4. The minimum atomic E-state index is -3.64. The van der Waals surface area contributed by atoms with Crippen LogP contribution < -0.4 is 10.0 Å². The van der Waals surface area contributed by atoms with Crippen molar-refractivity contribution in [2.45, 2.75) is 18.4 Å². The Balaban J connectivity index is 1.71. The van der Waals surface area contributed by atoms with Gasteiger partial charge in [-0.05, 0) is 61.1 Å². The highest BCUT2D eigenvalue weighted by Crippen LogP contribution is 2.20. The van der Waals surface area contributed by atoms with E-state index < -0.39 is 15.9 Å². The molecule has 0 radical (unpaired) electrons. The van der Waals surface area contributed by atoms with Gasteiger partial charge in [0.2, 0.25) is 21.8 Å². The molecule has 9 nitrogen and oxygen atoms in total. The maximum Gasteiger partial charge on any atom is 0.248 e. The van der Waals surface area contributed by atoms with Crippen molar-refractivity contribution in [1.29, 1.82) is 0 Å². The van der Waals surface area contributed by atoms with Gasteiger partial charge in [0, 0.05) is 11.3 Å². The number of sulfonamides is 1. The first-order valence-electron chi connectivity index (χ1n) is 8.16. The molecule has 3 aromatic rings. The van der Waals surface area contributed by atoms with Crippen LogP contribution in [-0.2, 0) is 21.4 Å². The summed E-state index contributed by atoms with van der Waals surface area (Å²) in [6.45, 7) is 1.43. The molecule has 28 heavy (non-hydrogen) atoms. The second kappa shape index (κ2) is 7.82. The number of carbonyl (C=O) groups excluding carboxylic acids is 1. The number of rotatable bonds is 6. The summed E-state index contributed by atoms with van der Waals surface area (Å²) < 4.78 is 39.3. The van der Waals surface area contributed by atoms with Gasteiger partial charge in [-0.15, -0.1) is 10.2 Å². The summed E-state index contributed by atoms with van der Waals surface area (Å²) in [4.78, 5) is 13.4. The monoisotopic (exact) mass is 404 g/mol. The van der Waals surface area contributed by atoms with E-state index >= 15 is 0 Å². The van der Waals surface area contributed by atoms with Gasteiger partial charge in [-0.2, -0.15) is 4.80 Å². The lowest BCUT2D eigenvalue weighted by atomic mass is 10.2. The number of amides is 1. The number of halogens is 1. The summed E-state index contributed by atoms with van der Waals surface area (Å²) in [6.07, 6.45) is 0. The molecule has 0 fully saturated rings. The fraction of sp³-hybridized carbons (Fsp3) is 0.176. The Bertz CT molecular complexity index is 1110. The number of aryl methyl sites for hydroxylation is 1. The van der Waals surface area contributed by atoms with Gasteiger partial charge in [0.05, 0.1) is 4.90 Å². The number of aromatic nitrogens is 4.